The van der Waals surface area contributed by atoms with Crippen molar-refractivity contribution in [1.29, 1.82) is 0 Å². The van der Waals surface area contributed by atoms with Crippen LogP contribution in [-0.4, -0.2) is 88.0 Å². The van der Waals surface area contributed by atoms with Crippen LogP contribution in [0.3, 0.4) is 0 Å². The Kier molecular flexibility index (Phi) is 15.2. The number of carbonyl (C=O) groups is 4. The van der Waals surface area contributed by atoms with Crippen LogP contribution >= 0.6 is 0 Å². The highest BCUT2D eigenvalue weighted by Gasteiger charge is 2.41. The molecule has 0 aromatic heterocycles. The summed E-state index contributed by atoms with van der Waals surface area (Å²) in [7, 11) is 1.22. The van der Waals surface area contributed by atoms with Gasteiger partial charge in [0.25, 0.3) is 0 Å². The highest BCUT2D eigenvalue weighted by atomic mass is 16.6. The third kappa shape index (κ3) is 9.77. The fourth-order valence-corrected chi connectivity index (χ4v) is 5.32. The monoisotopic (exact) mass is 594 g/mol. The molecule has 0 saturated carbocycles. The lowest BCUT2D eigenvalue weighted by molar-refractivity contribution is -0.168. The number of aliphatic hydroxyl groups is 4. The molecule has 1 heterocycles. The van der Waals surface area contributed by atoms with Crippen LogP contribution in [0, 0.1) is 35.5 Å². The van der Waals surface area contributed by atoms with Gasteiger partial charge in [-0.25, -0.2) is 4.79 Å². The summed E-state index contributed by atoms with van der Waals surface area (Å²) in [5.74, 6) is -7.89. The number of ketones is 3. The van der Waals surface area contributed by atoms with Crippen LogP contribution in [0.2, 0.25) is 0 Å². The van der Waals surface area contributed by atoms with Crippen molar-refractivity contribution in [2.45, 2.75) is 92.3 Å². The van der Waals surface area contributed by atoms with Gasteiger partial charge in [-0.15, -0.1) is 0 Å². The second-order valence-electron chi connectivity index (χ2n) is 11.7. The number of esters is 1. The molecule has 1 rings (SSSR count). The molecular weight excluding hydrogens is 544 g/mol. The lowest BCUT2D eigenvalue weighted by Gasteiger charge is -2.30. The minimum atomic E-state index is -1.91. The molecule has 11 atom stereocenters. The van der Waals surface area contributed by atoms with E-state index in [1.54, 1.807) is 26.8 Å². The van der Waals surface area contributed by atoms with E-state index in [1.165, 1.54) is 34.0 Å². The van der Waals surface area contributed by atoms with Gasteiger partial charge in [-0.3, -0.25) is 14.4 Å². The summed E-state index contributed by atoms with van der Waals surface area (Å²) in [4.78, 5) is 52.7. The second kappa shape index (κ2) is 17.0. The first-order chi connectivity index (χ1) is 19.5. The number of hydrogen-bond donors (Lipinski definition) is 4. The standard InChI is InChI=1S/C32H50O10/c1-10-11-16(2)12-18(4)27(36)23-15-42-32(40)30(39)31(41-9)22(8)28(37)21(7)26(35)19(5)13-17(3)24(33)14-25(34)20(6)29(23)38/h10-13,16-17,20-23,25-27,30-31,34-36,39H,14-15H2,1-9H3/b11-10-,18-12+,19-13+/t16-,17-,20+,21+,22+,23?,25-,26?,27+,30+,31?/m0/s1. The molecule has 0 radical (unpaired) electrons. The molecule has 42 heavy (non-hydrogen) atoms. The molecule has 238 valence electrons. The van der Waals surface area contributed by atoms with Crippen LogP contribution in [0.25, 0.3) is 0 Å². The fraction of sp³-hybridized carbons (Fsp3) is 0.688. The van der Waals surface area contributed by atoms with E-state index in [0.29, 0.717) is 11.1 Å². The second-order valence-corrected chi connectivity index (χ2v) is 11.7. The Bertz CT molecular complexity index is 1040. The Morgan fingerprint density at radius 2 is 1.60 bits per heavy atom. The zero-order valence-electron chi connectivity index (χ0n) is 26.3. The van der Waals surface area contributed by atoms with Crippen molar-refractivity contribution in [3.63, 3.8) is 0 Å². The van der Waals surface area contributed by atoms with Crippen molar-refractivity contribution in [2.24, 2.45) is 35.5 Å². The summed E-state index contributed by atoms with van der Waals surface area (Å²) in [6.45, 7) is 12.3. The predicted octanol–water partition coefficient (Wildman–Crippen LogP) is 2.36. The Labute approximate surface area is 249 Å². The molecule has 3 unspecified atom stereocenters. The average Bonchev–Trinajstić information content (AvgIpc) is 2.94. The highest BCUT2D eigenvalue weighted by molar-refractivity contribution is 5.88. The minimum absolute atomic E-state index is 0.0654. The molecule has 0 aliphatic carbocycles. The average molecular weight is 595 g/mol. The summed E-state index contributed by atoms with van der Waals surface area (Å²) >= 11 is 0. The van der Waals surface area contributed by atoms with Gasteiger partial charge in [-0.05, 0) is 37.8 Å². The van der Waals surface area contributed by atoms with Crippen LogP contribution in [0.1, 0.15) is 61.8 Å². The van der Waals surface area contributed by atoms with Gasteiger partial charge in [0, 0.05) is 37.2 Å². The van der Waals surface area contributed by atoms with Crippen molar-refractivity contribution in [1.82, 2.24) is 0 Å². The first kappa shape index (κ1) is 37.5. The molecule has 1 aliphatic heterocycles. The van der Waals surface area contributed by atoms with Gasteiger partial charge in [0.2, 0.25) is 0 Å². The number of allylic oxidation sites excluding steroid dienone is 4. The number of Topliss-reactive ketones (excluding diaryl/α,β-unsaturated/α-hetero) is 3. The first-order valence-electron chi connectivity index (χ1n) is 14.5. The molecule has 0 aromatic carbocycles. The Morgan fingerprint density at radius 3 is 2.14 bits per heavy atom. The minimum Gasteiger partial charge on any atom is -0.463 e. The molecule has 4 N–H and O–H groups in total. The SMILES string of the molecule is C/C=C\[C@H](C)/C=C(\C)[C@@H](O)C1COC(=O)[C@H](O)C(OC)[C@H](C)C(=O)[C@H](C)C(O)/C(C)=C/[C@H](C)C(=O)C[C@H](O)[C@@H](C)C1=O. The Balaban J connectivity index is 3.58. The van der Waals surface area contributed by atoms with Gasteiger partial charge in [-0.1, -0.05) is 58.9 Å². The summed E-state index contributed by atoms with van der Waals surface area (Å²) in [6, 6.07) is 0. The lowest BCUT2D eigenvalue weighted by atomic mass is 9.81. The summed E-state index contributed by atoms with van der Waals surface area (Å²) in [6.07, 6.45) is -0.650. The summed E-state index contributed by atoms with van der Waals surface area (Å²) in [5, 5.41) is 43.6. The van der Waals surface area contributed by atoms with Gasteiger partial charge in [0.05, 0.1) is 24.2 Å². The molecule has 0 saturated heterocycles. The molecule has 0 spiro atoms. The zero-order chi connectivity index (χ0) is 32.5. The number of cyclic esters (lactones) is 1. The number of methoxy groups -OCH3 is 1. The number of aliphatic hydroxyl groups excluding tert-OH is 4. The fourth-order valence-electron chi connectivity index (χ4n) is 5.32. The van der Waals surface area contributed by atoms with Crippen molar-refractivity contribution in [3.8, 4) is 0 Å². The Morgan fingerprint density at radius 1 is 1.00 bits per heavy atom. The maximum atomic E-state index is 13.6. The molecule has 10 nitrogen and oxygen atoms in total. The summed E-state index contributed by atoms with van der Waals surface area (Å²) < 4.78 is 10.6. The molecule has 0 amide bonds. The number of hydrogen-bond acceptors (Lipinski definition) is 10. The van der Waals surface area contributed by atoms with E-state index >= 15 is 0 Å². The molecule has 1 aliphatic rings. The molecule has 10 heteroatoms. The van der Waals surface area contributed by atoms with E-state index < -0.39 is 84.3 Å². The van der Waals surface area contributed by atoms with Gasteiger partial charge >= 0.3 is 5.97 Å². The normalized spacial score (nSPS) is 36.5. The molecule has 0 bridgehead atoms. The maximum absolute atomic E-state index is 13.6. The molecular formula is C32H50O10. The Hall–Kier alpha value is -2.50. The van der Waals surface area contributed by atoms with Crippen molar-refractivity contribution < 1.29 is 49.1 Å². The molecule has 0 fully saturated rings. The van der Waals surface area contributed by atoms with E-state index in [-0.39, 0.29) is 18.1 Å². The smallest absolute Gasteiger partial charge is 0.337 e. The van der Waals surface area contributed by atoms with Crippen LogP contribution in [0.15, 0.2) is 35.5 Å². The van der Waals surface area contributed by atoms with Gasteiger partial charge in [0.1, 0.15) is 30.1 Å². The van der Waals surface area contributed by atoms with Crippen LogP contribution in [-0.2, 0) is 28.7 Å². The summed E-state index contributed by atoms with van der Waals surface area (Å²) in [5.41, 5.74) is 0.793. The zero-order valence-corrected chi connectivity index (χ0v) is 26.3. The highest BCUT2D eigenvalue weighted by Crippen LogP contribution is 2.26. The first-order valence-corrected chi connectivity index (χ1v) is 14.5. The van der Waals surface area contributed by atoms with E-state index in [4.69, 9.17) is 9.47 Å². The number of ether oxygens (including phenoxy) is 2. The predicted molar refractivity (Wildman–Crippen MR) is 157 cm³/mol. The quantitative estimate of drug-likeness (QED) is 0.274. The van der Waals surface area contributed by atoms with Crippen LogP contribution in [0.4, 0.5) is 0 Å². The van der Waals surface area contributed by atoms with Gasteiger partial charge in [0.15, 0.2) is 6.10 Å². The lowest BCUT2D eigenvalue weighted by Crippen LogP contribution is -2.47. The van der Waals surface area contributed by atoms with E-state index in [1.807, 2.05) is 26.0 Å². The third-order valence-corrected chi connectivity index (χ3v) is 8.25. The number of carbonyl (C=O) groups excluding carboxylic acids is 4. The topological polar surface area (TPSA) is 168 Å². The van der Waals surface area contributed by atoms with E-state index in [0.717, 1.165) is 0 Å². The third-order valence-electron chi connectivity index (χ3n) is 8.25. The van der Waals surface area contributed by atoms with Crippen molar-refractivity contribution in [2.75, 3.05) is 13.7 Å². The van der Waals surface area contributed by atoms with Gasteiger partial charge < -0.3 is 29.9 Å². The van der Waals surface area contributed by atoms with Crippen molar-refractivity contribution in [3.05, 3.63) is 35.5 Å². The van der Waals surface area contributed by atoms with Crippen molar-refractivity contribution >= 4 is 23.3 Å². The van der Waals surface area contributed by atoms with E-state index in [2.05, 4.69) is 0 Å². The van der Waals surface area contributed by atoms with Gasteiger partial charge in [-0.2, -0.15) is 0 Å². The van der Waals surface area contributed by atoms with Crippen LogP contribution in [0.5, 0.6) is 0 Å². The van der Waals surface area contributed by atoms with E-state index in [9.17, 15) is 39.6 Å². The number of rotatable bonds is 5. The molecule has 0 aromatic rings. The maximum Gasteiger partial charge on any atom is 0.337 e. The largest absolute Gasteiger partial charge is 0.463 e. The van der Waals surface area contributed by atoms with Crippen LogP contribution < -0.4 is 0 Å².